The summed E-state index contributed by atoms with van der Waals surface area (Å²) in [6.45, 7) is 3.39. The van der Waals surface area contributed by atoms with Crippen molar-refractivity contribution < 1.29 is 19.8 Å². The monoisotopic (exact) mass is 204 g/mol. The molecule has 0 aliphatic heterocycles. The fourth-order valence-corrected chi connectivity index (χ4v) is 1.81. The molecule has 0 aromatic carbocycles. The maximum absolute atomic E-state index is 10.5. The first kappa shape index (κ1) is 11.1. The number of carboxylic acid groups (broad SMARTS) is 2. The van der Waals surface area contributed by atoms with E-state index in [9.17, 15) is 9.59 Å². The maximum atomic E-state index is 10.5. The number of hydrogen-bond donors (Lipinski definition) is 2. The summed E-state index contributed by atoms with van der Waals surface area (Å²) in [7, 11) is 1.06. The van der Waals surface area contributed by atoms with Crippen molar-refractivity contribution in [1.82, 2.24) is 0 Å². The zero-order valence-corrected chi connectivity index (χ0v) is 11.1. The Labute approximate surface area is 76.1 Å². The molecule has 0 aliphatic rings. The quantitative estimate of drug-likeness (QED) is 0.408. The molecule has 0 spiro atoms. The van der Waals surface area contributed by atoms with E-state index in [4.69, 9.17) is 10.2 Å². The highest BCUT2D eigenvalue weighted by Crippen LogP contribution is 2.29. The van der Waals surface area contributed by atoms with Gasteiger partial charge in [-0.25, -0.2) is 4.79 Å². The lowest BCUT2D eigenvalue weighted by Gasteiger charge is -2.21. The summed E-state index contributed by atoms with van der Waals surface area (Å²) in [4.78, 5) is 20.8. The Kier molecular flexibility index (Phi) is 3.41. The van der Waals surface area contributed by atoms with Crippen LogP contribution in [-0.2, 0) is 9.59 Å². The summed E-state index contributed by atoms with van der Waals surface area (Å²) in [5.41, 5.74) is 0.0447. The van der Waals surface area contributed by atoms with Gasteiger partial charge in [0.1, 0.15) is 0 Å². The van der Waals surface area contributed by atoms with Gasteiger partial charge in [0.25, 0.3) is 0 Å². The van der Waals surface area contributed by atoms with Crippen molar-refractivity contribution in [2.24, 2.45) is 0 Å². The molecule has 0 amide bonds. The lowest BCUT2D eigenvalue weighted by Crippen LogP contribution is -2.24. The van der Waals surface area contributed by atoms with Crippen molar-refractivity contribution >= 4 is 32.4 Å². The SMILES string of the molecule is C=C(C(=O)O)C([SiH3])([SiH3])CC(=O)O. The van der Waals surface area contributed by atoms with Crippen LogP contribution < -0.4 is 0 Å². The molecule has 2 N–H and O–H groups in total. The Morgan fingerprint density at radius 3 is 2.00 bits per heavy atom. The summed E-state index contributed by atoms with van der Waals surface area (Å²) in [5, 5.41) is 17.1. The predicted octanol–water partition coefficient (Wildman–Crippen LogP) is -2.05. The van der Waals surface area contributed by atoms with Gasteiger partial charge in [0.2, 0.25) is 0 Å². The van der Waals surface area contributed by atoms with Gasteiger partial charge in [0.15, 0.2) is 0 Å². The van der Waals surface area contributed by atoms with Gasteiger partial charge in [-0.15, -0.1) is 0 Å². The molecule has 0 aliphatic carbocycles. The fourth-order valence-electron chi connectivity index (χ4n) is 0.774. The van der Waals surface area contributed by atoms with Crippen LogP contribution in [0.5, 0.6) is 0 Å². The average Bonchev–Trinajstić information content (AvgIpc) is 1.82. The van der Waals surface area contributed by atoms with Crippen molar-refractivity contribution in [3.63, 3.8) is 0 Å². The summed E-state index contributed by atoms with van der Waals surface area (Å²) >= 11 is 0. The molecule has 0 fully saturated rings. The Balaban J connectivity index is 4.50. The summed E-state index contributed by atoms with van der Waals surface area (Å²) in [6.07, 6.45) is -0.101. The number of carboxylic acids is 2. The molecular formula is C6H12O4Si2. The lowest BCUT2D eigenvalue weighted by molar-refractivity contribution is -0.137. The third kappa shape index (κ3) is 3.01. The third-order valence-corrected chi connectivity index (χ3v) is 3.58. The van der Waals surface area contributed by atoms with Gasteiger partial charge in [-0.2, -0.15) is 0 Å². The van der Waals surface area contributed by atoms with Crippen LogP contribution in [0.3, 0.4) is 0 Å². The minimum Gasteiger partial charge on any atom is -0.481 e. The predicted molar refractivity (Wildman–Crippen MR) is 51.6 cm³/mol. The molecule has 0 saturated carbocycles. The highest BCUT2D eigenvalue weighted by atomic mass is 28.2. The summed E-state index contributed by atoms with van der Waals surface area (Å²) in [6, 6.07) is 0. The molecule has 68 valence electrons. The minimum atomic E-state index is -1.08. The van der Waals surface area contributed by atoms with Gasteiger partial charge >= 0.3 is 11.9 Å². The average molecular weight is 204 g/mol. The van der Waals surface area contributed by atoms with Gasteiger partial charge < -0.3 is 10.2 Å². The van der Waals surface area contributed by atoms with E-state index in [-0.39, 0.29) is 12.0 Å². The molecule has 6 heteroatoms. The highest BCUT2D eigenvalue weighted by Gasteiger charge is 2.29. The Morgan fingerprint density at radius 2 is 1.75 bits per heavy atom. The van der Waals surface area contributed by atoms with Crippen LogP contribution in [0.4, 0.5) is 0 Å². The Bertz CT molecular complexity index is 234. The topological polar surface area (TPSA) is 74.6 Å². The number of carbonyl (C=O) groups is 2. The smallest absolute Gasteiger partial charge is 0.330 e. The van der Waals surface area contributed by atoms with Crippen molar-refractivity contribution in [2.75, 3.05) is 0 Å². The minimum absolute atomic E-state index is 0.0447. The third-order valence-electron chi connectivity index (χ3n) is 1.67. The van der Waals surface area contributed by atoms with Gasteiger partial charge in [-0.05, 0) is 4.66 Å². The molecule has 0 aromatic rings. The maximum Gasteiger partial charge on any atom is 0.330 e. The van der Waals surface area contributed by atoms with Crippen molar-refractivity contribution in [1.29, 1.82) is 0 Å². The number of aliphatic carboxylic acids is 2. The molecule has 0 heterocycles. The molecule has 0 rings (SSSR count). The Hall–Kier alpha value is -0.886. The second-order valence-corrected chi connectivity index (χ2v) is 9.65. The largest absolute Gasteiger partial charge is 0.481 e. The molecule has 4 nitrogen and oxygen atoms in total. The van der Waals surface area contributed by atoms with Crippen LogP contribution in [0, 0.1) is 0 Å². The van der Waals surface area contributed by atoms with E-state index in [1.54, 1.807) is 0 Å². The molecule has 0 radical (unpaired) electrons. The summed E-state index contributed by atoms with van der Waals surface area (Å²) < 4.78 is -0.613. The van der Waals surface area contributed by atoms with Gasteiger partial charge in [-0.3, -0.25) is 4.79 Å². The highest BCUT2D eigenvalue weighted by molar-refractivity contribution is 6.45. The van der Waals surface area contributed by atoms with Crippen molar-refractivity contribution in [3.8, 4) is 0 Å². The van der Waals surface area contributed by atoms with E-state index in [0.717, 1.165) is 0 Å². The second kappa shape index (κ2) is 3.68. The van der Waals surface area contributed by atoms with E-state index in [1.165, 1.54) is 0 Å². The van der Waals surface area contributed by atoms with Crippen molar-refractivity contribution in [2.45, 2.75) is 11.1 Å². The molecule has 0 unspecified atom stereocenters. The molecule has 12 heavy (non-hydrogen) atoms. The first-order chi connectivity index (χ1) is 5.27. The van der Waals surface area contributed by atoms with Crippen molar-refractivity contribution in [3.05, 3.63) is 12.2 Å². The van der Waals surface area contributed by atoms with Crippen LogP contribution in [0.1, 0.15) is 6.42 Å². The molecular weight excluding hydrogens is 192 g/mol. The zero-order chi connectivity index (χ0) is 9.94. The first-order valence-electron chi connectivity index (χ1n) is 3.42. The van der Waals surface area contributed by atoms with E-state index >= 15 is 0 Å². The zero-order valence-electron chi connectivity index (χ0n) is 7.13. The summed E-state index contributed by atoms with van der Waals surface area (Å²) in [5.74, 6) is -2.04. The van der Waals surface area contributed by atoms with Crippen LogP contribution >= 0.6 is 0 Å². The lowest BCUT2D eigenvalue weighted by atomic mass is 10.1. The van der Waals surface area contributed by atoms with E-state index in [0.29, 0.717) is 20.5 Å². The standard InChI is InChI=1S/C6H12O4Si2/c1-3(5(9)10)6(11,12)2-4(7)8/h1-2H2,11-12H3,(H,7,8)(H,9,10). The fraction of sp³-hybridized carbons (Fsp3) is 0.333. The van der Waals surface area contributed by atoms with Crippen LogP contribution in [-0.4, -0.2) is 42.6 Å². The second-order valence-electron chi connectivity index (χ2n) is 3.24. The number of rotatable bonds is 4. The van der Waals surface area contributed by atoms with Crippen LogP contribution in [0.2, 0.25) is 4.66 Å². The first-order valence-corrected chi connectivity index (χ1v) is 5.42. The molecule has 0 atom stereocenters. The Morgan fingerprint density at radius 1 is 1.33 bits per heavy atom. The van der Waals surface area contributed by atoms with Crippen LogP contribution in [0.25, 0.3) is 0 Å². The van der Waals surface area contributed by atoms with E-state index in [1.807, 2.05) is 0 Å². The van der Waals surface area contributed by atoms with Gasteiger partial charge in [0, 0.05) is 32.5 Å². The molecule has 0 saturated heterocycles. The molecule has 0 bridgehead atoms. The van der Waals surface area contributed by atoms with E-state index < -0.39 is 16.6 Å². The number of hydrogen-bond acceptors (Lipinski definition) is 2. The van der Waals surface area contributed by atoms with Gasteiger partial charge in [-0.1, -0.05) is 6.58 Å². The van der Waals surface area contributed by atoms with E-state index in [2.05, 4.69) is 6.58 Å². The normalized spacial score (nSPS) is 15.3. The van der Waals surface area contributed by atoms with Gasteiger partial charge in [0.05, 0.1) is 0 Å². The van der Waals surface area contributed by atoms with Crippen LogP contribution in [0.15, 0.2) is 12.2 Å². The molecule has 0 aromatic heterocycles.